The molecule has 2 nitrogen and oxygen atoms in total. The molecule has 2 aromatic carbocycles. The van der Waals surface area contributed by atoms with Gasteiger partial charge >= 0.3 is 0 Å². The van der Waals surface area contributed by atoms with Crippen molar-refractivity contribution >= 4 is 39.0 Å². The van der Waals surface area contributed by atoms with Crippen molar-refractivity contribution in [2.24, 2.45) is 0 Å². The SMILES string of the molecule is COc1cccc2ccc(/C=C/c3ccccc3Br)nc12. The Morgan fingerprint density at radius 1 is 0.952 bits per heavy atom. The van der Waals surface area contributed by atoms with Crippen molar-refractivity contribution in [2.45, 2.75) is 0 Å². The first-order valence-electron chi connectivity index (χ1n) is 6.64. The van der Waals surface area contributed by atoms with Crippen LogP contribution in [-0.4, -0.2) is 12.1 Å². The van der Waals surface area contributed by atoms with E-state index in [1.165, 1.54) is 0 Å². The number of pyridine rings is 1. The van der Waals surface area contributed by atoms with Crippen molar-refractivity contribution in [3.05, 3.63) is 70.3 Å². The Hall–Kier alpha value is -2.13. The highest BCUT2D eigenvalue weighted by molar-refractivity contribution is 9.10. The number of hydrogen-bond donors (Lipinski definition) is 0. The van der Waals surface area contributed by atoms with Crippen LogP contribution in [0, 0.1) is 0 Å². The average Bonchev–Trinajstić information content (AvgIpc) is 2.53. The second kappa shape index (κ2) is 6.10. The topological polar surface area (TPSA) is 22.1 Å². The fourth-order valence-electron chi connectivity index (χ4n) is 2.18. The highest BCUT2D eigenvalue weighted by atomic mass is 79.9. The summed E-state index contributed by atoms with van der Waals surface area (Å²) in [5, 5.41) is 1.08. The highest BCUT2D eigenvalue weighted by Crippen LogP contribution is 2.24. The van der Waals surface area contributed by atoms with E-state index in [0.717, 1.165) is 32.4 Å². The van der Waals surface area contributed by atoms with Crippen molar-refractivity contribution in [3.63, 3.8) is 0 Å². The summed E-state index contributed by atoms with van der Waals surface area (Å²) in [5.41, 5.74) is 2.91. The lowest BCUT2D eigenvalue weighted by Crippen LogP contribution is -1.89. The van der Waals surface area contributed by atoms with E-state index in [1.54, 1.807) is 7.11 Å². The molecule has 3 aromatic rings. The number of ether oxygens (including phenoxy) is 1. The number of methoxy groups -OCH3 is 1. The van der Waals surface area contributed by atoms with Crippen molar-refractivity contribution in [2.75, 3.05) is 7.11 Å². The summed E-state index contributed by atoms with van der Waals surface area (Å²) >= 11 is 3.54. The molecule has 0 unspecified atom stereocenters. The first-order chi connectivity index (χ1) is 10.3. The molecule has 1 heterocycles. The molecule has 0 aliphatic rings. The van der Waals surface area contributed by atoms with Gasteiger partial charge < -0.3 is 4.74 Å². The molecule has 0 radical (unpaired) electrons. The second-order valence-electron chi connectivity index (χ2n) is 4.62. The number of hydrogen-bond acceptors (Lipinski definition) is 2. The Morgan fingerprint density at radius 3 is 2.62 bits per heavy atom. The van der Waals surface area contributed by atoms with Gasteiger partial charge in [-0.05, 0) is 29.8 Å². The van der Waals surface area contributed by atoms with Gasteiger partial charge in [0.1, 0.15) is 11.3 Å². The molecule has 0 N–H and O–H groups in total. The van der Waals surface area contributed by atoms with Gasteiger partial charge in [-0.25, -0.2) is 4.98 Å². The molecule has 3 heteroatoms. The number of fused-ring (bicyclic) bond motifs is 1. The molecule has 21 heavy (non-hydrogen) atoms. The number of rotatable bonds is 3. The Bertz CT molecular complexity index is 811. The summed E-state index contributed by atoms with van der Waals surface area (Å²) < 4.78 is 6.44. The van der Waals surface area contributed by atoms with Crippen LogP contribution in [0.1, 0.15) is 11.3 Å². The lowest BCUT2D eigenvalue weighted by atomic mass is 10.1. The van der Waals surface area contributed by atoms with E-state index < -0.39 is 0 Å². The summed E-state index contributed by atoms with van der Waals surface area (Å²) in [7, 11) is 1.67. The van der Waals surface area contributed by atoms with Gasteiger partial charge in [-0.2, -0.15) is 0 Å². The number of para-hydroxylation sites is 1. The zero-order valence-electron chi connectivity index (χ0n) is 11.6. The van der Waals surface area contributed by atoms with E-state index >= 15 is 0 Å². The van der Waals surface area contributed by atoms with Gasteiger partial charge in [0.05, 0.1) is 12.8 Å². The first-order valence-corrected chi connectivity index (χ1v) is 7.43. The van der Waals surface area contributed by atoms with Crippen molar-refractivity contribution in [1.29, 1.82) is 0 Å². The zero-order valence-corrected chi connectivity index (χ0v) is 13.2. The van der Waals surface area contributed by atoms with Gasteiger partial charge in [0.2, 0.25) is 0 Å². The summed E-state index contributed by atoms with van der Waals surface area (Å²) in [4.78, 5) is 4.66. The second-order valence-corrected chi connectivity index (χ2v) is 5.48. The summed E-state index contributed by atoms with van der Waals surface area (Å²) in [6, 6.07) is 18.1. The Kier molecular flexibility index (Phi) is 4.02. The van der Waals surface area contributed by atoms with Crippen molar-refractivity contribution in [3.8, 4) is 5.75 Å². The molecule has 0 fully saturated rings. The van der Waals surface area contributed by atoms with Crippen LogP contribution in [0.15, 0.2) is 59.1 Å². The average molecular weight is 340 g/mol. The van der Waals surface area contributed by atoms with Crippen LogP contribution in [-0.2, 0) is 0 Å². The quantitative estimate of drug-likeness (QED) is 0.656. The van der Waals surface area contributed by atoms with Crippen LogP contribution in [0.3, 0.4) is 0 Å². The molecule has 1 aromatic heterocycles. The van der Waals surface area contributed by atoms with E-state index in [2.05, 4.69) is 33.0 Å². The molecule has 0 saturated heterocycles. The predicted molar refractivity (Wildman–Crippen MR) is 91.4 cm³/mol. The molecule has 0 bridgehead atoms. The third-order valence-electron chi connectivity index (χ3n) is 3.26. The fraction of sp³-hybridized carbons (Fsp3) is 0.0556. The molecular weight excluding hydrogens is 326 g/mol. The summed E-state index contributed by atoms with van der Waals surface area (Å²) in [6.45, 7) is 0. The Balaban J connectivity index is 2.00. The monoisotopic (exact) mass is 339 g/mol. The van der Waals surface area contributed by atoms with Gasteiger partial charge in [-0.3, -0.25) is 0 Å². The molecule has 0 amide bonds. The minimum absolute atomic E-state index is 0.795. The zero-order chi connectivity index (χ0) is 14.7. The van der Waals surface area contributed by atoms with Gasteiger partial charge in [-0.15, -0.1) is 0 Å². The van der Waals surface area contributed by atoms with E-state index in [-0.39, 0.29) is 0 Å². The molecule has 3 rings (SSSR count). The Labute approximate surface area is 132 Å². The van der Waals surface area contributed by atoms with Gasteiger partial charge in [0.25, 0.3) is 0 Å². The number of nitrogens with zero attached hydrogens (tertiary/aromatic N) is 1. The van der Waals surface area contributed by atoms with Crippen molar-refractivity contribution < 1.29 is 4.74 Å². The van der Waals surface area contributed by atoms with Crippen LogP contribution in [0.5, 0.6) is 5.75 Å². The van der Waals surface area contributed by atoms with Crippen molar-refractivity contribution in [1.82, 2.24) is 4.98 Å². The van der Waals surface area contributed by atoms with Crippen LogP contribution < -0.4 is 4.74 Å². The lowest BCUT2D eigenvalue weighted by Gasteiger charge is -2.05. The maximum atomic E-state index is 5.37. The van der Waals surface area contributed by atoms with E-state index in [0.29, 0.717) is 0 Å². The molecule has 0 aliphatic carbocycles. The van der Waals surface area contributed by atoms with Crippen LogP contribution >= 0.6 is 15.9 Å². The van der Waals surface area contributed by atoms with Gasteiger partial charge in [-0.1, -0.05) is 58.4 Å². The highest BCUT2D eigenvalue weighted by Gasteiger charge is 2.02. The molecule has 0 atom stereocenters. The predicted octanol–water partition coefficient (Wildman–Crippen LogP) is 5.18. The third kappa shape index (κ3) is 2.98. The standard InChI is InChI=1S/C18H14BrNO/c1-21-17-8-4-6-14-10-12-15(20-18(14)17)11-9-13-5-2-3-7-16(13)19/h2-12H,1H3/b11-9+. The molecule has 0 aliphatic heterocycles. The lowest BCUT2D eigenvalue weighted by molar-refractivity contribution is 0.419. The van der Waals surface area contributed by atoms with Crippen LogP contribution in [0.25, 0.3) is 23.1 Å². The first kappa shape index (κ1) is 13.8. The molecule has 0 spiro atoms. The number of aromatic nitrogens is 1. The number of benzene rings is 2. The Morgan fingerprint density at radius 2 is 1.81 bits per heavy atom. The normalized spacial score (nSPS) is 11.1. The summed E-state index contributed by atoms with van der Waals surface area (Å²) in [6.07, 6.45) is 4.06. The maximum absolute atomic E-state index is 5.37. The largest absolute Gasteiger partial charge is 0.494 e. The smallest absolute Gasteiger partial charge is 0.145 e. The number of halogens is 1. The van der Waals surface area contributed by atoms with Crippen LogP contribution in [0.4, 0.5) is 0 Å². The van der Waals surface area contributed by atoms with E-state index in [1.807, 2.05) is 54.6 Å². The minimum Gasteiger partial charge on any atom is -0.494 e. The maximum Gasteiger partial charge on any atom is 0.145 e. The molecule has 104 valence electrons. The van der Waals surface area contributed by atoms with Crippen LogP contribution in [0.2, 0.25) is 0 Å². The van der Waals surface area contributed by atoms with Gasteiger partial charge in [0, 0.05) is 9.86 Å². The minimum atomic E-state index is 0.795. The van der Waals surface area contributed by atoms with E-state index in [9.17, 15) is 0 Å². The molecule has 0 saturated carbocycles. The van der Waals surface area contributed by atoms with E-state index in [4.69, 9.17) is 4.74 Å². The van der Waals surface area contributed by atoms with Gasteiger partial charge in [0.15, 0.2) is 0 Å². The summed E-state index contributed by atoms with van der Waals surface area (Å²) in [5.74, 6) is 0.795. The molecular formula is C18H14BrNO. The fourth-order valence-corrected chi connectivity index (χ4v) is 2.59. The third-order valence-corrected chi connectivity index (χ3v) is 3.99.